The van der Waals surface area contributed by atoms with Crippen LogP contribution < -0.4 is 5.32 Å². The Bertz CT molecular complexity index is 585. The van der Waals surface area contributed by atoms with Crippen molar-refractivity contribution in [1.82, 2.24) is 20.1 Å². The molecule has 1 aliphatic rings. The van der Waals surface area contributed by atoms with Crippen LogP contribution in [0.4, 0.5) is 13.2 Å². The third kappa shape index (κ3) is 3.26. The Morgan fingerprint density at radius 2 is 2.24 bits per heavy atom. The predicted molar refractivity (Wildman–Crippen MR) is 68.4 cm³/mol. The number of rotatable bonds is 3. The van der Waals surface area contributed by atoms with Crippen LogP contribution in [0.5, 0.6) is 0 Å². The molecule has 0 saturated carbocycles. The lowest BCUT2D eigenvalue weighted by atomic mass is 10.0. The summed E-state index contributed by atoms with van der Waals surface area (Å²) in [5.74, 6) is 0.873. The fourth-order valence-corrected chi connectivity index (χ4v) is 2.48. The third-order valence-corrected chi connectivity index (χ3v) is 3.39. The first kappa shape index (κ1) is 14.1. The van der Waals surface area contributed by atoms with E-state index < -0.39 is 12.7 Å². The van der Waals surface area contributed by atoms with E-state index in [-0.39, 0.29) is 11.9 Å². The van der Waals surface area contributed by atoms with Gasteiger partial charge < -0.3 is 9.73 Å². The number of hydrogen-bond donors (Lipinski definition) is 1. The fourth-order valence-electron chi connectivity index (χ4n) is 2.48. The molecule has 2 aromatic heterocycles. The average Bonchev–Trinajstić information content (AvgIpc) is 3.06. The van der Waals surface area contributed by atoms with Crippen LogP contribution in [0, 0.1) is 0 Å². The third-order valence-electron chi connectivity index (χ3n) is 3.39. The zero-order valence-electron chi connectivity index (χ0n) is 11.2. The van der Waals surface area contributed by atoms with E-state index in [9.17, 15) is 13.2 Å². The van der Waals surface area contributed by atoms with E-state index in [1.807, 2.05) is 0 Å². The summed E-state index contributed by atoms with van der Waals surface area (Å²) in [6.45, 7) is -0.367. The van der Waals surface area contributed by atoms with Crippen LogP contribution >= 0.6 is 0 Å². The molecule has 0 amide bonds. The van der Waals surface area contributed by atoms with Gasteiger partial charge in [-0.25, -0.2) is 9.67 Å². The van der Waals surface area contributed by atoms with Crippen molar-refractivity contribution in [3.63, 3.8) is 0 Å². The van der Waals surface area contributed by atoms with Gasteiger partial charge in [-0.1, -0.05) is 6.42 Å². The summed E-state index contributed by atoms with van der Waals surface area (Å²) in [7, 11) is 0. The fraction of sp³-hybridized carbons (Fsp3) is 0.538. The molecule has 3 rings (SSSR count). The molecule has 0 aliphatic carbocycles. The molecule has 114 valence electrons. The van der Waals surface area contributed by atoms with E-state index >= 15 is 0 Å². The minimum absolute atomic E-state index is 0.187. The van der Waals surface area contributed by atoms with Crippen LogP contribution in [-0.4, -0.2) is 27.5 Å². The Hall–Kier alpha value is -1.83. The van der Waals surface area contributed by atoms with Crippen molar-refractivity contribution < 1.29 is 17.6 Å². The number of aromatic nitrogens is 3. The quantitative estimate of drug-likeness (QED) is 0.947. The topological polar surface area (TPSA) is 55.9 Å². The maximum atomic E-state index is 12.7. The lowest BCUT2D eigenvalue weighted by Crippen LogP contribution is -2.31. The van der Waals surface area contributed by atoms with Gasteiger partial charge in [-0.2, -0.15) is 13.2 Å². The number of hydrogen-bond acceptors (Lipinski definition) is 4. The molecule has 0 unspecified atom stereocenters. The highest BCUT2D eigenvalue weighted by atomic mass is 19.4. The average molecular weight is 300 g/mol. The normalized spacial score (nSPS) is 19.9. The number of piperidine rings is 1. The summed E-state index contributed by atoms with van der Waals surface area (Å²) < 4.78 is 44.2. The highest BCUT2D eigenvalue weighted by molar-refractivity contribution is 5.45. The summed E-state index contributed by atoms with van der Waals surface area (Å²) in [6.07, 6.45) is -0.147. The van der Waals surface area contributed by atoms with E-state index in [0.29, 0.717) is 11.6 Å². The highest BCUT2D eigenvalue weighted by Gasteiger charge is 2.32. The summed E-state index contributed by atoms with van der Waals surface area (Å²) in [5, 5.41) is 7.16. The Balaban J connectivity index is 1.95. The maximum Gasteiger partial charge on any atom is 0.408 e. The lowest BCUT2D eigenvalue weighted by Gasteiger charge is -2.23. The van der Waals surface area contributed by atoms with Crippen LogP contribution in [0.2, 0.25) is 0 Å². The number of halogens is 3. The molecule has 1 atom stereocenters. The van der Waals surface area contributed by atoms with Crippen molar-refractivity contribution in [3.8, 4) is 11.6 Å². The van der Waals surface area contributed by atoms with E-state index in [1.165, 1.54) is 6.26 Å². The molecular formula is C13H15F3N4O. The van der Waals surface area contributed by atoms with E-state index in [4.69, 9.17) is 4.42 Å². The highest BCUT2D eigenvalue weighted by Crippen LogP contribution is 2.27. The first-order valence-electron chi connectivity index (χ1n) is 6.82. The Kier molecular flexibility index (Phi) is 3.71. The van der Waals surface area contributed by atoms with Gasteiger partial charge >= 0.3 is 6.18 Å². The number of nitrogens with one attached hydrogen (secondary N) is 1. The van der Waals surface area contributed by atoms with Crippen LogP contribution in [0.25, 0.3) is 11.6 Å². The monoisotopic (exact) mass is 300 g/mol. The molecule has 1 aliphatic heterocycles. The van der Waals surface area contributed by atoms with E-state index in [0.717, 1.165) is 30.5 Å². The summed E-state index contributed by atoms with van der Waals surface area (Å²) >= 11 is 0. The van der Waals surface area contributed by atoms with Crippen molar-refractivity contribution in [2.45, 2.75) is 38.0 Å². The molecule has 1 N–H and O–H groups in total. The van der Waals surface area contributed by atoms with Crippen molar-refractivity contribution in [2.24, 2.45) is 0 Å². The standard InChI is InChI=1S/C13H15F3N4O/c14-13(15,16)8-20-12(9-4-1-2-6-17-9)18-11(19-20)10-5-3-7-21-10/h3,5,7,9,17H,1-2,4,6,8H2/t9-/m0/s1. The van der Waals surface area contributed by atoms with E-state index in [2.05, 4.69) is 15.4 Å². The van der Waals surface area contributed by atoms with Gasteiger partial charge in [-0.3, -0.25) is 0 Å². The zero-order chi connectivity index (χ0) is 14.9. The molecule has 2 aromatic rings. The van der Waals surface area contributed by atoms with Gasteiger partial charge in [0.05, 0.1) is 12.3 Å². The minimum atomic E-state index is -4.34. The predicted octanol–water partition coefficient (Wildman–Crippen LogP) is 2.92. The molecule has 1 saturated heterocycles. The lowest BCUT2D eigenvalue weighted by molar-refractivity contribution is -0.143. The van der Waals surface area contributed by atoms with Crippen LogP contribution in [-0.2, 0) is 6.54 Å². The molecule has 1 fully saturated rings. The number of furan rings is 1. The second-order valence-electron chi connectivity index (χ2n) is 5.05. The summed E-state index contributed by atoms with van der Waals surface area (Å²) in [5.41, 5.74) is 0. The first-order chi connectivity index (χ1) is 10.0. The largest absolute Gasteiger partial charge is 0.461 e. The Morgan fingerprint density at radius 3 is 2.86 bits per heavy atom. The van der Waals surface area contributed by atoms with Gasteiger partial charge in [0, 0.05) is 0 Å². The van der Waals surface area contributed by atoms with Gasteiger partial charge in [0.25, 0.3) is 0 Å². The molecule has 5 nitrogen and oxygen atoms in total. The van der Waals surface area contributed by atoms with Crippen molar-refractivity contribution >= 4 is 0 Å². The van der Waals surface area contributed by atoms with E-state index in [1.54, 1.807) is 12.1 Å². The number of nitrogens with zero attached hydrogens (tertiary/aromatic N) is 3. The van der Waals surface area contributed by atoms with Gasteiger partial charge in [0.15, 0.2) is 5.76 Å². The van der Waals surface area contributed by atoms with Crippen molar-refractivity contribution in [1.29, 1.82) is 0 Å². The molecule has 0 spiro atoms. The van der Waals surface area contributed by atoms with Crippen molar-refractivity contribution in [2.75, 3.05) is 6.54 Å². The van der Waals surface area contributed by atoms with Crippen LogP contribution in [0.1, 0.15) is 31.1 Å². The smallest absolute Gasteiger partial charge is 0.408 e. The first-order valence-corrected chi connectivity index (χ1v) is 6.82. The Morgan fingerprint density at radius 1 is 1.38 bits per heavy atom. The summed E-state index contributed by atoms with van der Waals surface area (Å²) in [6, 6.07) is 3.08. The molecule has 21 heavy (non-hydrogen) atoms. The minimum Gasteiger partial charge on any atom is -0.461 e. The molecule has 3 heterocycles. The van der Waals surface area contributed by atoms with Gasteiger partial charge in [0.1, 0.15) is 12.4 Å². The van der Waals surface area contributed by atoms with Crippen molar-refractivity contribution in [3.05, 3.63) is 24.2 Å². The number of alkyl halides is 3. The maximum absolute atomic E-state index is 12.7. The van der Waals surface area contributed by atoms with Crippen LogP contribution in [0.15, 0.2) is 22.8 Å². The van der Waals surface area contributed by atoms with Gasteiger partial charge in [-0.05, 0) is 31.5 Å². The molecular weight excluding hydrogens is 285 g/mol. The molecule has 0 radical (unpaired) electrons. The zero-order valence-corrected chi connectivity index (χ0v) is 11.2. The second kappa shape index (κ2) is 5.51. The SMILES string of the molecule is FC(F)(F)Cn1nc(-c2ccco2)nc1[C@@H]1CCCCN1. The molecule has 8 heteroatoms. The molecule has 0 aromatic carbocycles. The molecule has 0 bridgehead atoms. The van der Waals surface area contributed by atoms with Gasteiger partial charge in [0.2, 0.25) is 5.82 Å². The second-order valence-corrected chi connectivity index (χ2v) is 5.05. The van der Waals surface area contributed by atoms with Gasteiger partial charge in [-0.15, -0.1) is 5.10 Å². The Labute approximate surface area is 119 Å². The van der Waals surface area contributed by atoms with Crippen LogP contribution in [0.3, 0.4) is 0 Å². The summed E-state index contributed by atoms with van der Waals surface area (Å²) in [4.78, 5) is 4.26.